The van der Waals surface area contributed by atoms with E-state index in [2.05, 4.69) is 10.3 Å². The minimum Gasteiger partial charge on any atom is -0.384 e. The predicted molar refractivity (Wildman–Crippen MR) is 45.9 cm³/mol. The number of aliphatic hydroxyl groups excluding tert-OH is 1. The SMILES string of the molecule is COCC(O)c1cnnn1CCN. The molecule has 0 aromatic carbocycles. The summed E-state index contributed by atoms with van der Waals surface area (Å²) in [6.07, 6.45) is 0.825. The van der Waals surface area contributed by atoms with Gasteiger partial charge in [0.15, 0.2) is 0 Å². The Bertz CT molecular complexity index is 250. The summed E-state index contributed by atoms with van der Waals surface area (Å²) in [7, 11) is 1.53. The number of hydrogen-bond donors (Lipinski definition) is 2. The van der Waals surface area contributed by atoms with Gasteiger partial charge in [0.2, 0.25) is 0 Å². The van der Waals surface area contributed by atoms with E-state index in [0.717, 1.165) is 0 Å². The Morgan fingerprint density at radius 3 is 3.15 bits per heavy atom. The maximum absolute atomic E-state index is 9.55. The Morgan fingerprint density at radius 2 is 2.54 bits per heavy atom. The van der Waals surface area contributed by atoms with Gasteiger partial charge in [-0.3, -0.25) is 0 Å². The Hall–Kier alpha value is -0.980. The number of aromatic nitrogens is 3. The normalized spacial score (nSPS) is 13.2. The zero-order valence-corrected chi connectivity index (χ0v) is 7.55. The van der Waals surface area contributed by atoms with Gasteiger partial charge in [-0.1, -0.05) is 5.21 Å². The third-order valence-electron chi connectivity index (χ3n) is 1.65. The zero-order valence-electron chi connectivity index (χ0n) is 7.55. The highest BCUT2D eigenvalue weighted by molar-refractivity contribution is 4.98. The molecule has 74 valence electrons. The largest absolute Gasteiger partial charge is 0.384 e. The second-order valence-corrected chi connectivity index (χ2v) is 2.64. The van der Waals surface area contributed by atoms with E-state index in [1.54, 1.807) is 4.68 Å². The van der Waals surface area contributed by atoms with Crippen molar-refractivity contribution in [3.8, 4) is 0 Å². The van der Waals surface area contributed by atoms with Crippen molar-refractivity contribution in [2.45, 2.75) is 12.6 Å². The van der Waals surface area contributed by atoms with Crippen LogP contribution in [0.5, 0.6) is 0 Å². The van der Waals surface area contributed by atoms with Gasteiger partial charge in [-0.05, 0) is 0 Å². The van der Waals surface area contributed by atoms with Gasteiger partial charge in [0.05, 0.1) is 25.0 Å². The van der Waals surface area contributed by atoms with E-state index in [0.29, 0.717) is 18.8 Å². The average molecular weight is 186 g/mol. The van der Waals surface area contributed by atoms with E-state index in [1.165, 1.54) is 13.3 Å². The highest BCUT2D eigenvalue weighted by atomic mass is 16.5. The fourth-order valence-electron chi connectivity index (χ4n) is 1.06. The van der Waals surface area contributed by atoms with Crippen LogP contribution in [-0.2, 0) is 11.3 Å². The minimum atomic E-state index is -0.688. The van der Waals surface area contributed by atoms with Crippen molar-refractivity contribution in [1.82, 2.24) is 15.0 Å². The lowest BCUT2D eigenvalue weighted by Crippen LogP contribution is -2.17. The van der Waals surface area contributed by atoms with Gasteiger partial charge in [-0.25, -0.2) is 4.68 Å². The first kappa shape index (κ1) is 10.1. The molecule has 1 aromatic heterocycles. The molecule has 1 heterocycles. The maximum Gasteiger partial charge on any atom is 0.120 e. The summed E-state index contributed by atoms with van der Waals surface area (Å²) in [5, 5.41) is 17.0. The highest BCUT2D eigenvalue weighted by Gasteiger charge is 2.12. The molecule has 1 atom stereocenters. The number of nitrogens with zero attached hydrogens (tertiary/aromatic N) is 3. The lowest BCUT2D eigenvalue weighted by molar-refractivity contribution is 0.0586. The molecule has 13 heavy (non-hydrogen) atoms. The van der Waals surface area contributed by atoms with Crippen LogP contribution < -0.4 is 5.73 Å². The average Bonchev–Trinajstić information content (AvgIpc) is 2.54. The van der Waals surface area contributed by atoms with E-state index >= 15 is 0 Å². The molecule has 0 spiro atoms. The van der Waals surface area contributed by atoms with Crippen LogP contribution in [0, 0.1) is 0 Å². The molecule has 0 aliphatic heterocycles. The van der Waals surface area contributed by atoms with Crippen molar-refractivity contribution in [2.75, 3.05) is 20.3 Å². The molecule has 0 saturated carbocycles. The lowest BCUT2D eigenvalue weighted by Gasteiger charge is -2.10. The van der Waals surface area contributed by atoms with Crippen LogP contribution in [0.25, 0.3) is 0 Å². The Morgan fingerprint density at radius 1 is 1.77 bits per heavy atom. The maximum atomic E-state index is 9.55. The number of aliphatic hydroxyl groups is 1. The van der Waals surface area contributed by atoms with Gasteiger partial charge < -0.3 is 15.6 Å². The molecule has 0 radical (unpaired) electrons. The van der Waals surface area contributed by atoms with Crippen LogP contribution in [0.2, 0.25) is 0 Å². The zero-order chi connectivity index (χ0) is 9.68. The van der Waals surface area contributed by atoms with Crippen LogP contribution in [0.1, 0.15) is 11.8 Å². The van der Waals surface area contributed by atoms with Crippen LogP contribution in [0.4, 0.5) is 0 Å². The fraction of sp³-hybridized carbons (Fsp3) is 0.714. The topological polar surface area (TPSA) is 86.2 Å². The van der Waals surface area contributed by atoms with Crippen molar-refractivity contribution in [3.63, 3.8) is 0 Å². The molecule has 1 aromatic rings. The van der Waals surface area contributed by atoms with E-state index in [-0.39, 0.29) is 6.61 Å². The smallest absolute Gasteiger partial charge is 0.120 e. The minimum absolute atomic E-state index is 0.234. The summed E-state index contributed by atoms with van der Waals surface area (Å²) in [6.45, 7) is 1.25. The Labute approximate surface area is 76.3 Å². The molecule has 3 N–H and O–H groups in total. The van der Waals surface area contributed by atoms with Gasteiger partial charge in [-0.15, -0.1) is 5.10 Å². The Balaban J connectivity index is 2.68. The number of hydrogen-bond acceptors (Lipinski definition) is 5. The molecule has 0 aliphatic rings. The number of methoxy groups -OCH3 is 1. The number of ether oxygens (including phenoxy) is 1. The molecule has 0 bridgehead atoms. The van der Waals surface area contributed by atoms with Crippen LogP contribution >= 0.6 is 0 Å². The van der Waals surface area contributed by atoms with Gasteiger partial charge >= 0.3 is 0 Å². The van der Waals surface area contributed by atoms with Crippen molar-refractivity contribution in [1.29, 1.82) is 0 Å². The Kier molecular flexibility index (Phi) is 3.81. The van der Waals surface area contributed by atoms with E-state index in [4.69, 9.17) is 10.5 Å². The number of rotatable bonds is 5. The molecule has 6 nitrogen and oxygen atoms in total. The summed E-state index contributed by atoms with van der Waals surface area (Å²) in [5.41, 5.74) is 5.99. The summed E-state index contributed by atoms with van der Waals surface area (Å²) >= 11 is 0. The third kappa shape index (κ3) is 2.48. The third-order valence-corrected chi connectivity index (χ3v) is 1.65. The molecular formula is C7H14N4O2. The van der Waals surface area contributed by atoms with Crippen LogP contribution in [0.3, 0.4) is 0 Å². The summed E-state index contributed by atoms with van der Waals surface area (Å²) < 4.78 is 6.38. The van der Waals surface area contributed by atoms with Crippen LogP contribution in [0.15, 0.2) is 6.20 Å². The molecule has 0 amide bonds. The van der Waals surface area contributed by atoms with Gasteiger partial charge in [-0.2, -0.15) is 0 Å². The van der Waals surface area contributed by atoms with Crippen molar-refractivity contribution in [2.24, 2.45) is 5.73 Å². The van der Waals surface area contributed by atoms with Crippen LogP contribution in [-0.4, -0.2) is 40.4 Å². The predicted octanol–water partition coefficient (Wildman–Crippen LogP) is -1.08. The molecule has 0 saturated heterocycles. The fourth-order valence-corrected chi connectivity index (χ4v) is 1.06. The van der Waals surface area contributed by atoms with E-state index < -0.39 is 6.10 Å². The van der Waals surface area contributed by atoms with Crippen molar-refractivity contribution >= 4 is 0 Å². The second kappa shape index (κ2) is 4.90. The van der Waals surface area contributed by atoms with Crippen molar-refractivity contribution in [3.05, 3.63) is 11.9 Å². The van der Waals surface area contributed by atoms with Crippen molar-refractivity contribution < 1.29 is 9.84 Å². The quantitative estimate of drug-likeness (QED) is 0.610. The standard InChI is InChI=1S/C7H14N4O2/c1-13-5-7(12)6-4-9-10-11(6)3-2-8/h4,7,12H,2-3,5,8H2,1H3. The summed E-state index contributed by atoms with van der Waals surface area (Å²) in [4.78, 5) is 0. The first-order valence-corrected chi connectivity index (χ1v) is 4.05. The van der Waals surface area contributed by atoms with Gasteiger partial charge in [0.25, 0.3) is 0 Å². The molecule has 0 fully saturated rings. The molecule has 6 heteroatoms. The van der Waals surface area contributed by atoms with E-state index in [1.807, 2.05) is 0 Å². The monoisotopic (exact) mass is 186 g/mol. The number of nitrogens with two attached hydrogens (primary N) is 1. The first-order valence-electron chi connectivity index (χ1n) is 4.05. The summed E-state index contributed by atoms with van der Waals surface area (Å²) in [5.74, 6) is 0. The molecule has 1 rings (SSSR count). The summed E-state index contributed by atoms with van der Waals surface area (Å²) in [6, 6.07) is 0. The second-order valence-electron chi connectivity index (χ2n) is 2.64. The molecule has 1 unspecified atom stereocenters. The molecule has 0 aliphatic carbocycles. The van der Waals surface area contributed by atoms with Gasteiger partial charge in [0, 0.05) is 13.7 Å². The molecular weight excluding hydrogens is 172 g/mol. The first-order chi connectivity index (χ1) is 6.29. The van der Waals surface area contributed by atoms with Gasteiger partial charge in [0.1, 0.15) is 6.10 Å². The highest BCUT2D eigenvalue weighted by Crippen LogP contribution is 2.10. The van der Waals surface area contributed by atoms with E-state index in [9.17, 15) is 5.11 Å². The lowest BCUT2D eigenvalue weighted by atomic mass is 10.3.